The SMILES string of the molecule is C[C@@H](NC(=O)c1ccc(N)cc1)C(=O)N1CCC[C@H]1B(O)O.C[C@@H](NC(=O)c1ccc(NC(=O)CN2CCN(CC(=O)O)CCN(CC(=O)O)CCN(CC(=O)O)CC2)cc1)C(=O)N1CCC[C@H]1B(O)O.C[C@@H](NC(=O)c1ccc(NC(=O)CN2CCN(CC(=O)O)CCN(CC(=O)O)CCN(CC(=O)O)CC2)cc1)C(=O)N1CCC[C@H]1B(O)O.Cc1ccc(C(=O)O)cc1.O=C(C(Cl)Cl)C(F)(F)F.[Cu]. The van der Waals surface area contributed by atoms with Gasteiger partial charge in [0.05, 0.1) is 75.7 Å². The van der Waals surface area contributed by atoms with Crippen molar-refractivity contribution in [3.8, 4) is 0 Å². The molecule has 8 amide bonds. The second kappa shape index (κ2) is 60.9. The van der Waals surface area contributed by atoms with Crippen molar-refractivity contribution in [2.45, 2.75) is 113 Å². The first kappa shape index (κ1) is 121. The van der Waals surface area contributed by atoms with Crippen molar-refractivity contribution in [3.05, 3.63) is 125 Å². The summed E-state index contributed by atoms with van der Waals surface area (Å²) >= 11 is 9.22. The van der Waals surface area contributed by atoms with Crippen LogP contribution in [-0.4, -0.2) is 460 Å². The third-order valence-corrected chi connectivity index (χ3v) is 22.9. The summed E-state index contributed by atoms with van der Waals surface area (Å²) in [7, 11) is -4.90. The van der Waals surface area contributed by atoms with Crippen LogP contribution in [0.25, 0.3) is 0 Å². The number of benzene rings is 4. The minimum absolute atomic E-state index is 0. The molecule has 0 unspecified atom stereocenters. The number of ketones is 1. The van der Waals surface area contributed by atoms with Gasteiger partial charge in [-0.3, -0.25) is 111 Å². The van der Waals surface area contributed by atoms with E-state index < -0.39 is 151 Å². The molecule has 4 aromatic carbocycles. The number of nitrogens with zero attached hydrogens (tertiary/aromatic N) is 11. The number of likely N-dealkylation sites (tertiary alicyclic amines) is 3. The molecule has 5 saturated heterocycles. The molecule has 0 aliphatic carbocycles. The average molecular weight is 2070 g/mol. The number of aryl methyl sites for hydroxylation is 1. The molecule has 9 rings (SSSR count). The Labute approximate surface area is 826 Å². The Balaban J connectivity index is 0.000000416. The van der Waals surface area contributed by atoms with Gasteiger partial charge in [-0.25, -0.2) is 4.79 Å². The molecule has 55 heteroatoms. The Hall–Kier alpha value is -11.1. The van der Waals surface area contributed by atoms with Crippen LogP contribution in [0, 0.1) is 6.92 Å². The molecule has 46 nitrogen and oxygen atoms in total. The number of carbonyl (C=O) groups is 16. The van der Waals surface area contributed by atoms with E-state index in [9.17, 15) is 151 Å². The normalized spacial score (nSPS) is 18.2. The molecule has 6 atom stereocenters. The van der Waals surface area contributed by atoms with Crippen molar-refractivity contribution >= 4 is 156 Å². The van der Waals surface area contributed by atoms with Crippen LogP contribution in [0.2, 0.25) is 0 Å². The van der Waals surface area contributed by atoms with Gasteiger partial charge in [0.1, 0.15) is 18.1 Å². The molecule has 0 spiro atoms. The van der Waals surface area contributed by atoms with E-state index in [1.54, 1.807) is 94.7 Å². The van der Waals surface area contributed by atoms with Crippen molar-refractivity contribution in [1.29, 1.82) is 0 Å². The number of aliphatic carboxylic acids is 6. The van der Waals surface area contributed by atoms with Crippen molar-refractivity contribution in [2.75, 3.05) is 193 Å². The predicted molar refractivity (Wildman–Crippen MR) is 499 cm³/mol. The molecule has 4 aromatic rings. The fraction of sp³-hybridized carbons (Fsp3) is 0.529. The average Bonchev–Trinajstić information content (AvgIpc) is 1.27. The number of alkyl halides is 5. The maximum absolute atomic E-state index is 13.1. The number of amides is 8. The van der Waals surface area contributed by atoms with Crippen molar-refractivity contribution in [1.82, 2.24) is 69.8 Å². The zero-order valence-electron chi connectivity index (χ0n) is 77.4. The minimum atomic E-state index is -4.92. The quantitative estimate of drug-likeness (QED) is 0.0136. The number of halogens is 5. The van der Waals surface area contributed by atoms with Crippen LogP contribution in [0.15, 0.2) is 97.1 Å². The van der Waals surface area contributed by atoms with Gasteiger partial charge in [0, 0.05) is 175 Å². The first-order chi connectivity index (χ1) is 65.4. The Kier molecular flexibility index (Phi) is 52.8. The number of carboxylic acids is 7. The molecule has 0 bridgehead atoms. The Morgan fingerprint density at radius 1 is 0.357 bits per heavy atom. The fourth-order valence-corrected chi connectivity index (χ4v) is 15.4. The monoisotopic (exact) mass is 2070 g/mol. The molecule has 0 saturated carbocycles. The zero-order valence-corrected chi connectivity index (χ0v) is 79.8. The second-order valence-electron chi connectivity index (χ2n) is 33.3. The number of nitrogens with two attached hydrogens (primary N) is 1. The van der Waals surface area contributed by atoms with Gasteiger partial charge < -0.3 is 113 Å². The Morgan fingerprint density at radius 3 is 0.764 bits per heavy atom. The molecule has 0 aromatic heterocycles. The summed E-state index contributed by atoms with van der Waals surface area (Å²) in [6, 6.07) is 22.6. The number of carbonyl (C=O) groups excluding carboxylic acids is 9. The number of Topliss-reactive ketones (excluding diaryl/α,β-unsaturated/α-hetero) is 1. The van der Waals surface area contributed by atoms with Gasteiger partial charge >= 0.3 is 69.3 Å². The second-order valence-corrected chi connectivity index (χ2v) is 34.4. The van der Waals surface area contributed by atoms with Gasteiger partial charge in [-0.1, -0.05) is 40.9 Å². The van der Waals surface area contributed by atoms with E-state index in [0.29, 0.717) is 86.3 Å². The number of nitrogen functional groups attached to an aromatic ring is 1. The number of carboxylic acid groups (broad SMARTS) is 7. The van der Waals surface area contributed by atoms with Gasteiger partial charge in [0.25, 0.3) is 23.5 Å². The molecule has 1 radical (unpaired) electrons. The number of hydrogen-bond donors (Lipinski definition) is 19. The van der Waals surface area contributed by atoms with Crippen LogP contribution < -0.4 is 32.3 Å². The van der Waals surface area contributed by atoms with E-state index in [2.05, 4.69) is 49.8 Å². The molecule has 5 fully saturated rings. The van der Waals surface area contributed by atoms with Gasteiger partial charge in [0.15, 0.2) is 4.84 Å². The van der Waals surface area contributed by atoms with Gasteiger partial charge in [-0.05, 0) is 151 Å². The standard InChI is InChI=1S/2C30H46BN7O11.C14H20BN3O4.C8H8O2.C3HCl2F3O.Cu/c2*1-21(30(47)38-8-2-3-24(38)31(48)49)32-29(46)22-4-6-23(7-5-22)33-25(39)17-34-9-11-35(18-26(40)41)13-15-37(20-28(44)45)16-14-36(12-10-34)19-27(42)43;1-9(14(20)18-8-2-3-12(18)15(21)22)17-13(19)10-4-6-11(16)7-5-10;1-6-2-4-7(5-3-6)8(9)10;4-2(5)1(9)3(6,7)8;/h2*4-7,21,24,48-49H,2-3,8-20H2,1H3,(H,32,46)(H,33,39)(H,40,41)(H,42,43)(H,44,45);4-7,9,12,21-22H,2-3,8,16H2,1H3,(H,17,19);2-5H,1H3,(H,9,10);2H;/t2*21-,24+;9-,12+;;;/m111.../s1. The van der Waals surface area contributed by atoms with Crippen molar-refractivity contribution in [3.63, 3.8) is 0 Å². The van der Waals surface area contributed by atoms with Crippen LogP contribution >= 0.6 is 23.2 Å². The first-order valence-electron chi connectivity index (χ1n) is 44.2. The molecule has 775 valence electrons. The molecule has 140 heavy (non-hydrogen) atoms. The Morgan fingerprint density at radius 2 is 0.571 bits per heavy atom. The molecule has 5 aliphatic rings. The summed E-state index contributed by atoms with van der Waals surface area (Å²) < 4.78 is 33.5. The predicted octanol–water partition coefficient (Wildman–Crippen LogP) is -2.55. The third kappa shape index (κ3) is 44.4. The number of nitrogens with one attached hydrogen (secondary N) is 5. The van der Waals surface area contributed by atoms with E-state index in [0.717, 1.165) is 5.56 Å². The fourth-order valence-electron chi connectivity index (χ4n) is 15.1. The summed E-state index contributed by atoms with van der Waals surface area (Å²) in [6.45, 7) is 10.2. The summed E-state index contributed by atoms with van der Waals surface area (Å²) in [5.41, 5.74) is 9.21. The molecular formula is C85H121B3Cl2CuF3N17O29. The summed E-state index contributed by atoms with van der Waals surface area (Å²) in [5.74, 6) is -14.7. The summed E-state index contributed by atoms with van der Waals surface area (Å²) in [6.07, 6.45) is -1.50. The van der Waals surface area contributed by atoms with E-state index in [1.807, 2.05) is 6.92 Å². The number of rotatable bonds is 32. The topological polar surface area (TPSA) is 658 Å². The smallest absolute Gasteiger partial charge is 0.475 e. The number of hydrogen-bond acceptors (Lipinski definition) is 31. The van der Waals surface area contributed by atoms with Crippen LogP contribution in [0.3, 0.4) is 0 Å². The molecule has 5 heterocycles. The zero-order chi connectivity index (χ0) is 104. The molecule has 20 N–H and O–H groups in total. The Bertz CT molecular complexity index is 4500. The van der Waals surface area contributed by atoms with Crippen LogP contribution in [0.4, 0.5) is 30.2 Å². The number of aromatic carboxylic acids is 1. The van der Waals surface area contributed by atoms with Crippen LogP contribution in [0.5, 0.6) is 0 Å². The van der Waals surface area contributed by atoms with E-state index >= 15 is 0 Å². The van der Waals surface area contributed by atoms with Crippen LogP contribution in [-0.2, 0) is 74.6 Å². The van der Waals surface area contributed by atoms with E-state index in [4.69, 9.17) is 10.8 Å². The van der Waals surface area contributed by atoms with Gasteiger partial charge in [0.2, 0.25) is 29.5 Å². The minimum Gasteiger partial charge on any atom is -0.480 e. The summed E-state index contributed by atoms with van der Waals surface area (Å²) in [5, 5.41) is 135. The maximum atomic E-state index is 13.1. The first-order valence-corrected chi connectivity index (χ1v) is 45.1. The number of anilines is 3. The van der Waals surface area contributed by atoms with E-state index in [1.165, 1.54) is 77.1 Å². The van der Waals surface area contributed by atoms with Gasteiger partial charge in [-0.2, -0.15) is 13.2 Å². The van der Waals surface area contributed by atoms with Crippen molar-refractivity contribution in [2.24, 2.45) is 0 Å². The largest absolute Gasteiger partial charge is 0.480 e. The van der Waals surface area contributed by atoms with E-state index in [-0.39, 0.29) is 197 Å². The van der Waals surface area contributed by atoms with Gasteiger partial charge in [-0.15, -0.1) is 0 Å². The maximum Gasteiger partial charge on any atom is 0.475 e. The van der Waals surface area contributed by atoms with Crippen molar-refractivity contribution < 1.29 is 173 Å². The third-order valence-electron chi connectivity index (χ3n) is 22.5. The van der Waals surface area contributed by atoms with Crippen LogP contribution in [0.1, 0.15) is 106 Å². The molecular weight excluding hydrogens is 1950 g/mol. The summed E-state index contributed by atoms with van der Waals surface area (Å²) in [4.78, 5) is 206. The molecule has 5 aliphatic heterocycles.